The molecular weight excluding hydrogens is 669 g/mol. The van der Waals surface area contributed by atoms with Gasteiger partial charge in [-0.2, -0.15) is 0 Å². The largest absolute Gasteiger partial charge is 0.454 e. The van der Waals surface area contributed by atoms with Gasteiger partial charge < -0.3 is 18.9 Å². The Hall–Kier alpha value is -2.34. The number of esters is 2. The maximum Gasteiger partial charge on any atom is 0.430 e. The summed E-state index contributed by atoms with van der Waals surface area (Å²) in [5, 5.41) is 1.71. The second-order valence-corrected chi connectivity index (χ2v) is 13.5. The van der Waals surface area contributed by atoms with Crippen molar-refractivity contribution in [2.45, 2.75) is 32.8 Å². The van der Waals surface area contributed by atoms with Crippen LogP contribution in [-0.2, 0) is 28.5 Å². The topological polar surface area (TPSA) is 112 Å². The smallest absolute Gasteiger partial charge is 0.430 e. The van der Waals surface area contributed by atoms with Gasteiger partial charge in [0, 0.05) is 18.6 Å². The van der Waals surface area contributed by atoms with E-state index < -0.39 is 63.2 Å². The number of amides is 2. The molecule has 1 heterocycles. The minimum atomic E-state index is -1.96. The zero-order valence-electron chi connectivity index (χ0n) is 21.1. The van der Waals surface area contributed by atoms with E-state index in [1.54, 1.807) is 18.2 Å². The molecule has 41 heavy (non-hydrogen) atoms. The zero-order valence-corrected chi connectivity index (χ0v) is 25.6. The molecule has 2 aliphatic rings. The molecule has 0 radical (unpaired) electrons. The molecule has 1 aromatic carbocycles. The highest BCUT2D eigenvalue weighted by atomic mass is 35.6. The average molecular weight is 691 g/mol. The monoisotopic (exact) mass is 688 g/mol. The fourth-order valence-electron chi connectivity index (χ4n) is 3.79. The van der Waals surface area contributed by atoms with E-state index >= 15 is 0 Å². The lowest BCUT2D eigenvalue weighted by Crippen LogP contribution is -2.60. The molecule has 0 fully saturated rings. The molecule has 2 amide bonds. The van der Waals surface area contributed by atoms with Gasteiger partial charge in [0.25, 0.3) is 0 Å². The Morgan fingerprint density at radius 3 is 2.10 bits per heavy atom. The predicted molar refractivity (Wildman–Crippen MR) is 154 cm³/mol. The van der Waals surface area contributed by atoms with Gasteiger partial charge in [-0.15, -0.1) is 0 Å². The summed E-state index contributed by atoms with van der Waals surface area (Å²) in [5.74, 6) is -1.41. The molecule has 1 aliphatic heterocycles. The first-order valence-corrected chi connectivity index (χ1v) is 13.9. The fourth-order valence-corrected chi connectivity index (χ4v) is 4.12. The first-order chi connectivity index (χ1) is 19.1. The normalized spacial score (nSPS) is 20.7. The SMILES string of the molecule is CC(=O)O[C@@H]1C2=CCN(C(=O)OCC(Cl)(Cl)Cl)N(C(=O)OCC(Cl)(Cl)Cl)C2C=C[C@H]1OC(=O)/C=C/c1ccccc1. The van der Waals surface area contributed by atoms with Crippen LogP contribution in [0.2, 0.25) is 0 Å². The van der Waals surface area contributed by atoms with E-state index in [2.05, 4.69) is 0 Å². The van der Waals surface area contributed by atoms with Gasteiger partial charge in [0.15, 0.2) is 12.2 Å². The van der Waals surface area contributed by atoms with Crippen LogP contribution in [0, 0.1) is 0 Å². The van der Waals surface area contributed by atoms with E-state index in [-0.39, 0.29) is 6.54 Å². The van der Waals surface area contributed by atoms with Crippen molar-refractivity contribution in [3.05, 3.63) is 65.8 Å². The molecule has 0 bridgehead atoms. The highest BCUT2D eigenvalue weighted by Crippen LogP contribution is 2.34. The van der Waals surface area contributed by atoms with E-state index in [1.807, 2.05) is 18.2 Å². The van der Waals surface area contributed by atoms with E-state index in [1.165, 1.54) is 31.2 Å². The Bertz CT molecular complexity index is 1230. The van der Waals surface area contributed by atoms with Gasteiger partial charge in [0.05, 0.1) is 6.54 Å². The number of carbonyl (C=O) groups is 4. The second-order valence-electron chi connectivity index (χ2n) is 8.48. The molecule has 0 N–H and O–H groups in total. The number of nitrogens with zero attached hydrogens (tertiary/aromatic N) is 2. The summed E-state index contributed by atoms with van der Waals surface area (Å²) >= 11 is 34.2. The Kier molecular flexibility index (Phi) is 11.5. The van der Waals surface area contributed by atoms with Crippen molar-refractivity contribution < 1.29 is 38.1 Å². The minimum Gasteiger partial charge on any atom is -0.454 e. The number of rotatable bonds is 6. The molecule has 0 saturated carbocycles. The summed E-state index contributed by atoms with van der Waals surface area (Å²) in [6, 6.07) is 7.96. The minimum absolute atomic E-state index is 0.284. The van der Waals surface area contributed by atoms with Crippen molar-refractivity contribution in [1.29, 1.82) is 0 Å². The highest BCUT2D eigenvalue weighted by molar-refractivity contribution is 6.68. The molecule has 222 valence electrons. The Morgan fingerprint density at radius 2 is 1.51 bits per heavy atom. The number of hydrogen-bond acceptors (Lipinski definition) is 8. The van der Waals surface area contributed by atoms with Crippen molar-refractivity contribution in [2.24, 2.45) is 0 Å². The lowest BCUT2D eigenvalue weighted by atomic mass is 9.89. The summed E-state index contributed by atoms with van der Waals surface area (Å²) in [4.78, 5) is 50.6. The van der Waals surface area contributed by atoms with Crippen LogP contribution in [0.15, 0.2) is 60.2 Å². The number of hydrogen-bond donors (Lipinski definition) is 0. The first-order valence-electron chi connectivity index (χ1n) is 11.7. The van der Waals surface area contributed by atoms with Gasteiger partial charge in [-0.3, -0.25) is 4.79 Å². The summed E-state index contributed by atoms with van der Waals surface area (Å²) in [5.41, 5.74) is 1.06. The first kappa shape index (κ1) is 33.2. The number of carbonyl (C=O) groups excluding carboxylic acids is 4. The molecule has 3 rings (SSSR count). The van der Waals surface area contributed by atoms with Crippen molar-refractivity contribution in [3.8, 4) is 0 Å². The summed E-state index contributed by atoms with van der Waals surface area (Å²) < 4.78 is 17.3. The van der Waals surface area contributed by atoms with Crippen LogP contribution in [0.1, 0.15) is 12.5 Å². The lowest BCUT2D eigenvalue weighted by Gasteiger charge is -2.45. The molecule has 1 aliphatic carbocycles. The number of halogens is 6. The van der Waals surface area contributed by atoms with Crippen LogP contribution in [0.25, 0.3) is 6.08 Å². The van der Waals surface area contributed by atoms with Crippen LogP contribution in [0.3, 0.4) is 0 Å². The van der Waals surface area contributed by atoms with Gasteiger partial charge in [0.2, 0.25) is 7.59 Å². The van der Waals surface area contributed by atoms with Gasteiger partial charge >= 0.3 is 24.1 Å². The molecule has 0 aromatic heterocycles. The van der Waals surface area contributed by atoms with E-state index in [0.29, 0.717) is 5.57 Å². The summed E-state index contributed by atoms with van der Waals surface area (Å²) in [7, 11) is 0. The van der Waals surface area contributed by atoms with Crippen molar-refractivity contribution in [3.63, 3.8) is 0 Å². The molecule has 3 atom stereocenters. The Morgan fingerprint density at radius 1 is 0.902 bits per heavy atom. The maximum absolute atomic E-state index is 13.2. The Balaban J connectivity index is 1.90. The number of benzene rings is 1. The lowest BCUT2D eigenvalue weighted by molar-refractivity contribution is -0.158. The van der Waals surface area contributed by atoms with Crippen LogP contribution in [0.4, 0.5) is 9.59 Å². The molecule has 1 aromatic rings. The summed E-state index contributed by atoms with van der Waals surface area (Å²) in [6.07, 6.45) is 2.68. The molecular formula is C25H22Cl6N2O8. The van der Waals surface area contributed by atoms with Gasteiger partial charge in [0.1, 0.15) is 19.3 Å². The maximum atomic E-state index is 13.2. The van der Waals surface area contributed by atoms with Gasteiger partial charge in [-0.1, -0.05) is 112 Å². The Labute approximate surface area is 265 Å². The third-order valence-electron chi connectivity index (χ3n) is 5.35. The van der Waals surface area contributed by atoms with Crippen molar-refractivity contribution >= 4 is 99.8 Å². The third-order valence-corrected chi connectivity index (χ3v) is 6.00. The quantitative estimate of drug-likeness (QED) is 0.118. The molecule has 1 unspecified atom stereocenters. The van der Waals surface area contributed by atoms with Crippen LogP contribution in [0.5, 0.6) is 0 Å². The van der Waals surface area contributed by atoms with E-state index in [4.69, 9.17) is 88.6 Å². The van der Waals surface area contributed by atoms with Crippen molar-refractivity contribution in [2.75, 3.05) is 19.8 Å². The molecule has 0 saturated heterocycles. The fraction of sp³-hybridized carbons (Fsp3) is 0.360. The highest BCUT2D eigenvalue weighted by Gasteiger charge is 2.46. The zero-order chi connectivity index (χ0) is 30.4. The molecule has 0 spiro atoms. The number of hydrazine groups is 1. The number of fused-ring (bicyclic) bond motifs is 1. The van der Waals surface area contributed by atoms with Gasteiger partial charge in [-0.25, -0.2) is 24.4 Å². The third kappa shape index (κ3) is 10.2. The number of alkyl halides is 6. The van der Waals surface area contributed by atoms with Gasteiger partial charge in [-0.05, 0) is 17.7 Å². The molecule has 10 nitrogen and oxygen atoms in total. The molecule has 16 heteroatoms. The number of ether oxygens (including phenoxy) is 4. The van der Waals surface area contributed by atoms with Crippen LogP contribution in [-0.4, -0.2) is 79.7 Å². The van der Waals surface area contributed by atoms with E-state index in [9.17, 15) is 19.2 Å². The average Bonchev–Trinajstić information content (AvgIpc) is 2.89. The summed E-state index contributed by atoms with van der Waals surface area (Å²) in [6.45, 7) is -0.418. The van der Waals surface area contributed by atoms with E-state index in [0.717, 1.165) is 15.6 Å². The standard InChI is InChI=1S/C25H22Cl6N2O8/c1-15(34)40-21-17-11-12-32(22(36)38-13-24(26,27)28)33(23(37)39-14-25(29,30)31)18(17)8-9-19(21)41-20(35)10-7-16-5-3-2-4-6-16/h2-11,18-19,21H,12-14H2,1H3/b10-7+/t18?,19-,21-/m1/s1. The van der Waals surface area contributed by atoms with Crippen LogP contribution >= 0.6 is 69.6 Å². The predicted octanol–water partition coefficient (Wildman–Crippen LogP) is 5.95. The second kappa shape index (κ2) is 14.2. The van der Waals surface area contributed by atoms with Crippen LogP contribution < -0.4 is 0 Å². The van der Waals surface area contributed by atoms with Crippen molar-refractivity contribution in [1.82, 2.24) is 10.0 Å².